The molecule has 3 N–H and O–H groups in total. The van der Waals surface area contributed by atoms with Gasteiger partial charge in [0.1, 0.15) is 5.39 Å². The number of hydrogen-bond acceptors (Lipinski definition) is 7. The number of aliphatic hydroxyl groups excluding tert-OH is 1. The molecule has 4 heterocycles. The van der Waals surface area contributed by atoms with Gasteiger partial charge in [0, 0.05) is 36.1 Å². The Balaban J connectivity index is 1.62. The van der Waals surface area contributed by atoms with Crippen LogP contribution in [0.25, 0.3) is 16.7 Å². The monoisotopic (exact) mass is 473 g/mol. The molecule has 1 aromatic carbocycles. The average molecular weight is 474 g/mol. The van der Waals surface area contributed by atoms with E-state index in [2.05, 4.69) is 32.7 Å². The third-order valence-corrected chi connectivity index (χ3v) is 6.54. The summed E-state index contributed by atoms with van der Waals surface area (Å²) < 4.78 is 3.51. The second-order valence-electron chi connectivity index (χ2n) is 9.96. The quantitative estimate of drug-likeness (QED) is 0.394. The molecule has 0 radical (unpaired) electrons. The zero-order valence-electron chi connectivity index (χ0n) is 20.5. The average Bonchev–Trinajstić information content (AvgIpc) is 3.16. The van der Waals surface area contributed by atoms with Crippen molar-refractivity contribution >= 4 is 22.7 Å². The Hall–Kier alpha value is -3.56. The van der Waals surface area contributed by atoms with E-state index in [4.69, 9.17) is 4.98 Å². The largest absolute Gasteiger partial charge is 0.395 e. The maximum absolute atomic E-state index is 13.3. The van der Waals surface area contributed by atoms with Crippen LogP contribution in [0.1, 0.15) is 50.6 Å². The lowest BCUT2D eigenvalue weighted by Gasteiger charge is -2.22. The lowest BCUT2D eigenvalue weighted by Crippen LogP contribution is -2.26. The molecule has 9 heteroatoms. The van der Waals surface area contributed by atoms with E-state index in [0.717, 1.165) is 36.6 Å². The minimum Gasteiger partial charge on any atom is -0.395 e. The van der Waals surface area contributed by atoms with Gasteiger partial charge in [-0.25, -0.2) is 14.3 Å². The fourth-order valence-corrected chi connectivity index (χ4v) is 4.46. The molecule has 0 amide bonds. The smallest absolute Gasteiger partial charge is 0.278 e. The fraction of sp³-hybridized carbons (Fsp3) is 0.385. The summed E-state index contributed by atoms with van der Waals surface area (Å²) in [5.41, 5.74) is 4.86. The Morgan fingerprint density at radius 2 is 2.00 bits per heavy atom. The van der Waals surface area contributed by atoms with Gasteiger partial charge >= 0.3 is 0 Å². The van der Waals surface area contributed by atoms with Gasteiger partial charge in [0.2, 0.25) is 5.95 Å². The molecule has 9 nitrogen and oxygen atoms in total. The molecule has 1 aliphatic rings. The molecule has 0 saturated heterocycles. The van der Waals surface area contributed by atoms with Crippen molar-refractivity contribution in [2.45, 2.75) is 52.1 Å². The number of nitrogens with one attached hydrogen (secondary N) is 2. The Labute approximate surface area is 203 Å². The molecule has 0 saturated carbocycles. The van der Waals surface area contributed by atoms with Gasteiger partial charge in [0.25, 0.3) is 5.56 Å². The van der Waals surface area contributed by atoms with Gasteiger partial charge in [0.15, 0.2) is 5.65 Å². The van der Waals surface area contributed by atoms with Crippen LogP contribution >= 0.6 is 0 Å². The zero-order chi connectivity index (χ0) is 24.7. The van der Waals surface area contributed by atoms with Crippen LogP contribution in [0, 0.1) is 0 Å². The molecule has 182 valence electrons. The molecule has 0 atom stereocenters. The Kier molecular flexibility index (Phi) is 5.90. The maximum atomic E-state index is 13.3. The van der Waals surface area contributed by atoms with Gasteiger partial charge in [-0.15, -0.1) is 0 Å². The van der Waals surface area contributed by atoms with Gasteiger partial charge < -0.3 is 15.7 Å². The van der Waals surface area contributed by atoms with Gasteiger partial charge in [-0.3, -0.25) is 9.78 Å². The molecule has 0 unspecified atom stereocenters. The fourth-order valence-electron chi connectivity index (χ4n) is 4.46. The molecule has 5 rings (SSSR count). The van der Waals surface area contributed by atoms with Crippen LogP contribution in [-0.2, 0) is 18.4 Å². The first-order valence-electron chi connectivity index (χ1n) is 12.0. The third kappa shape index (κ3) is 4.21. The van der Waals surface area contributed by atoms with Crippen molar-refractivity contribution in [2.75, 3.05) is 18.5 Å². The lowest BCUT2D eigenvalue weighted by atomic mass is 9.90. The summed E-state index contributed by atoms with van der Waals surface area (Å²) in [6.07, 6.45) is 4.27. The summed E-state index contributed by atoms with van der Waals surface area (Å²) in [5, 5.41) is 17.0. The summed E-state index contributed by atoms with van der Waals surface area (Å²) in [5.74, 6) is 0.422. The lowest BCUT2D eigenvalue weighted by molar-refractivity contribution is 0.215. The van der Waals surface area contributed by atoms with Crippen LogP contribution < -0.4 is 16.2 Å². The minimum atomic E-state index is -0.522. The first-order chi connectivity index (χ1) is 16.8. The van der Waals surface area contributed by atoms with Gasteiger partial charge in [-0.1, -0.05) is 19.9 Å². The SMILES string of the molecule is CC(C)n1c(=O)c2cnc(Nc3ccc4c(c3)CCNC4)nc2n1-c1ccnc(C(C)(C)CO)c1. The number of rotatable bonds is 6. The number of anilines is 2. The highest BCUT2D eigenvalue weighted by atomic mass is 16.3. The number of nitrogens with zero attached hydrogens (tertiary/aromatic N) is 5. The summed E-state index contributed by atoms with van der Waals surface area (Å²) in [6, 6.07) is 9.93. The van der Waals surface area contributed by atoms with Crippen LogP contribution in [0.5, 0.6) is 0 Å². The number of hydrogen-bond donors (Lipinski definition) is 3. The molecule has 35 heavy (non-hydrogen) atoms. The molecule has 0 spiro atoms. The Bertz CT molecular complexity index is 1450. The maximum Gasteiger partial charge on any atom is 0.278 e. The standard InChI is InChI=1S/C26H31N7O2/c1-16(2)32-24(35)21-14-29-25(30-19-6-5-18-13-27-9-7-17(18)11-19)31-23(21)33(32)20-8-10-28-22(12-20)26(3,4)15-34/h5-6,8,10-12,14,16,27,34H,7,9,13,15H2,1-4H3,(H,29,30,31). The van der Waals surface area contributed by atoms with Crippen molar-refractivity contribution in [1.82, 2.24) is 29.6 Å². The Morgan fingerprint density at radius 3 is 2.77 bits per heavy atom. The summed E-state index contributed by atoms with van der Waals surface area (Å²) in [7, 11) is 0. The van der Waals surface area contributed by atoms with Crippen LogP contribution in [0.2, 0.25) is 0 Å². The van der Waals surface area contributed by atoms with E-state index >= 15 is 0 Å². The Morgan fingerprint density at radius 1 is 1.17 bits per heavy atom. The second-order valence-corrected chi connectivity index (χ2v) is 9.96. The van der Waals surface area contributed by atoms with E-state index in [1.165, 1.54) is 11.1 Å². The zero-order valence-corrected chi connectivity index (χ0v) is 20.5. The molecular weight excluding hydrogens is 442 g/mol. The van der Waals surface area contributed by atoms with E-state index in [1.807, 2.05) is 50.6 Å². The highest BCUT2D eigenvalue weighted by molar-refractivity contribution is 5.77. The number of benzene rings is 1. The van der Waals surface area contributed by atoms with Crippen molar-refractivity contribution in [3.8, 4) is 5.69 Å². The van der Waals surface area contributed by atoms with E-state index in [-0.39, 0.29) is 18.2 Å². The van der Waals surface area contributed by atoms with Crippen LogP contribution in [0.4, 0.5) is 11.6 Å². The predicted molar refractivity (Wildman–Crippen MR) is 137 cm³/mol. The van der Waals surface area contributed by atoms with Gasteiger partial charge in [-0.2, -0.15) is 4.98 Å². The highest BCUT2D eigenvalue weighted by Gasteiger charge is 2.24. The van der Waals surface area contributed by atoms with Crippen molar-refractivity contribution in [3.63, 3.8) is 0 Å². The molecule has 0 fully saturated rings. The molecule has 1 aliphatic heterocycles. The number of fused-ring (bicyclic) bond motifs is 2. The van der Waals surface area contributed by atoms with E-state index in [1.54, 1.807) is 17.1 Å². The van der Waals surface area contributed by atoms with E-state index in [0.29, 0.717) is 17.0 Å². The van der Waals surface area contributed by atoms with E-state index in [9.17, 15) is 9.90 Å². The van der Waals surface area contributed by atoms with Gasteiger partial charge in [0.05, 0.1) is 18.0 Å². The summed E-state index contributed by atoms with van der Waals surface area (Å²) >= 11 is 0. The topological polar surface area (TPSA) is 110 Å². The highest BCUT2D eigenvalue weighted by Crippen LogP contribution is 2.26. The normalized spacial score (nSPS) is 13.9. The summed E-state index contributed by atoms with van der Waals surface area (Å²) in [4.78, 5) is 27.0. The molecule has 0 bridgehead atoms. The van der Waals surface area contributed by atoms with Gasteiger partial charge in [-0.05, 0) is 62.2 Å². The van der Waals surface area contributed by atoms with Crippen molar-refractivity contribution < 1.29 is 5.11 Å². The van der Waals surface area contributed by atoms with Crippen LogP contribution in [-0.4, -0.2) is 42.6 Å². The first-order valence-corrected chi connectivity index (χ1v) is 12.0. The van der Waals surface area contributed by atoms with Crippen LogP contribution in [0.15, 0.2) is 47.5 Å². The molecule has 0 aliphatic carbocycles. The summed E-state index contributed by atoms with van der Waals surface area (Å²) in [6.45, 7) is 9.60. The number of aromatic nitrogens is 5. The predicted octanol–water partition coefficient (Wildman–Crippen LogP) is 3.22. The van der Waals surface area contributed by atoms with Crippen molar-refractivity contribution in [3.05, 3.63) is 69.9 Å². The van der Waals surface area contributed by atoms with Crippen molar-refractivity contribution in [1.29, 1.82) is 0 Å². The van der Waals surface area contributed by atoms with Crippen molar-refractivity contribution in [2.24, 2.45) is 0 Å². The molecule has 3 aromatic heterocycles. The van der Waals surface area contributed by atoms with E-state index < -0.39 is 5.41 Å². The molecular formula is C26H31N7O2. The second kappa shape index (κ2) is 8.90. The van der Waals surface area contributed by atoms with Crippen LogP contribution in [0.3, 0.4) is 0 Å². The number of aliphatic hydroxyl groups is 1. The first kappa shape index (κ1) is 23.2. The third-order valence-electron chi connectivity index (χ3n) is 6.54. The molecule has 4 aromatic rings. The minimum absolute atomic E-state index is 0.0417. The number of pyridine rings is 1.